The van der Waals surface area contributed by atoms with Gasteiger partial charge in [0.1, 0.15) is 6.04 Å². The van der Waals surface area contributed by atoms with Gasteiger partial charge in [-0.25, -0.2) is 4.79 Å². The third-order valence-corrected chi connectivity index (χ3v) is 6.30. The van der Waals surface area contributed by atoms with Crippen molar-refractivity contribution < 1.29 is 14.3 Å². The average Bonchev–Trinajstić information content (AvgIpc) is 3.54. The molecule has 0 aliphatic carbocycles. The molecule has 150 valence electrons. The summed E-state index contributed by atoms with van der Waals surface area (Å²) in [6, 6.07) is 9.50. The van der Waals surface area contributed by atoms with Crippen molar-refractivity contribution in [2.45, 2.75) is 18.9 Å². The highest BCUT2D eigenvalue weighted by atomic mass is 16.5. The van der Waals surface area contributed by atoms with Crippen LogP contribution >= 0.6 is 0 Å². The quantitative estimate of drug-likeness (QED) is 0.450. The number of aromatic nitrogens is 2. The van der Waals surface area contributed by atoms with Gasteiger partial charge in [-0.05, 0) is 47.9 Å². The van der Waals surface area contributed by atoms with Gasteiger partial charge in [0, 0.05) is 53.0 Å². The van der Waals surface area contributed by atoms with Crippen LogP contribution in [0.5, 0.6) is 0 Å². The number of nitrogens with one attached hydrogen (secondary N) is 3. The van der Waals surface area contributed by atoms with Crippen LogP contribution in [0.2, 0.25) is 0 Å². The predicted molar refractivity (Wildman–Crippen MR) is 115 cm³/mol. The van der Waals surface area contributed by atoms with Gasteiger partial charge in [-0.2, -0.15) is 0 Å². The molecule has 0 radical (unpaired) electrons. The molecule has 2 aliphatic heterocycles. The molecule has 1 atom stereocenters. The number of rotatable bonds is 2. The zero-order valence-corrected chi connectivity index (χ0v) is 16.4. The summed E-state index contributed by atoms with van der Waals surface area (Å²) in [5, 5.41) is 8.57. The van der Waals surface area contributed by atoms with Gasteiger partial charge in [0.15, 0.2) is 0 Å². The second kappa shape index (κ2) is 6.13. The maximum atomic E-state index is 13.5. The summed E-state index contributed by atoms with van der Waals surface area (Å²) in [7, 11) is 1.39. The van der Waals surface area contributed by atoms with Gasteiger partial charge in [0.05, 0.1) is 18.2 Å². The van der Waals surface area contributed by atoms with Crippen LogP contribution in [-0.4, -0.2) is 41.1 Å². The molecule has 2 aromatic heterocycles. The Morgan fingerprint density at radius 1 is 1.10 bits per heavy atom. The fourth-order valence-corrected chi connectivity index (χ4v) is 4.88. The summed E-state index contributed by atoms with van der Waals surface area (Å²) in [5.74, 6) is -0.344. The van der Waals surface area contributed by atoms with E-state index < -0.39 is 6.04 Å². The number of anilines is 2. The fraction of sp³-hybridized carbons (Fsp3) is 0.217. The Morgan fingerprint density at radius 3 is 2.83 bits per heavy atom. The number of aromatic amines is 1. The number of methoxy groups -OCH3 is 1. The van der Waals surface area contributed by atoms with E-state index in [9.17, 15) is 9.59 Å². The van der Waals surface area contributed by atoms with E-state index in [1.807, 2.05) is 30.5 Å². The first kappa shape index (κ1) is 17.1. The number of hydrogen-bond donors (Lipinski definition) is 3. The summed E-state index contributed by atoms with van der Waals surface area (Å²) in [6.07, 6.45) is 5.08. The number of benzene rings is 2. The number of esters is 1. The van der Waals surface area contributed by atoms with E-state index in [-0.39, 0.29) is 11.9 Å². The molecule has 3 N–H and O–H groups in total. The standard InChI is InChI=1S/C23H20N4O3/c1-30-23(29)19-10-14-12-7-9-27(20(12)5-4-17(14)26-19)22(28)15-11-25-18-3-2-16-13(21(15)18)6-8-24-16/h2-5,7,9,11,19,24-26H,6,8,10H2,1H3. The van der Waals surface area contributed by atoms with E-state index in [2.05, 4.69) is 21.7 Å². The molecule has 0 bridgehead atoms. The number of nitrogens with zero attached hydrogens (tertiary/aromatic N) is 1. The highest BCUT2D eigenvalue weighted by molar-refractivity contribution is 6.13. The molecule has 0 amide bonds. The molecular weight excluding hydrogens is 380 g/mol. The van der Waals surface area contributed by atoms with E-state index in [1.165, 1.54) is 12.7 Å². The SMILES string of the molecule is COC(=O)C1Cc2c(ccc3c2ccn3C(=O)c2c[nH]c3ccc4c(c23)CCN4)N1. The molecular formula is C23H20N4O3. The molecule has 0 spiro atoms. The second-order valence-corrected chi connectivity index (χ2v) is 7.83. The minimum Gasteiger partial charge on any atom is -0.467 e. The van der Waals surface area contributed by atoms with E-state index in [4.69, 9.17) is 4.74 Å². The van der Waals surface area contributed by atoms with Gasteiger partial charge in [0.25, 0.3) is 5.91 Å². The summed E-state index contributed by atoms with van der Waals surface area (Å²) in [6.45, 7) is 0.889. The van der Waals surface area contributed by atoms with Crippen molar-refractivity contribution >= 4 is 45.1 Å². The number of ether oxygens (including phenoxy) is 1. The lowest BCUT2D eigenvalue weighted by Crippen LogP contribution is -2.27. The largest absolute Gasteiger partial charge is 0.467 e. The first-order chi connectivity index (χ1) is 14.7. The van der Waals surface area contributed by atoms with Crippen LogP contribution in [0.25, 0.3) is 21.8 Å². The molecule has 7 nitrogen and oxygen atoms in total. The number of hydrogen-bond acceptors (Lipinski definition) is 5. The lowest BCUT2D eigenvalue weighted by molar-refractivity contribution is -0.141. The third-order valence-electron chi connectivity index (χ3n) is 6.30. The molecule has 7 heteroatoms. The highest BCUT2D eigenvalue weighted by Crippen LogP contribution is 2.36. The van der Waals surface area contributed by atoms with E-state index in [0.717, 1.165) is 51.7 Å². The first-order valence-corrected chi connectivity index (χ1v) is 10.0. The topological polar surface area (TPSA) is 88.2 Å². The van der Waals surface area contributed by atoms with Crippen molar-refractivity contribution in [3.05, 3.63) is 59.4 Å². The van der Waals surface area contributed by atoms with Crippen LogP contribution in [0, 0.1) is 0 Å². The second-order valence-electron chi connectivity index (χ2n) is 7.83. The number of H-pyrrole nitrogens is 1. The predicted octanol–water partition coefficient (Wildman–Crippen LogP) is 3.29. The van der Waals surface area contributed by atoms with Crippen LogP contribution < -0.4 is 10.6 Å². The lowest BCUT2D eigenvalue weighted by Gasteiger charge is -2.08. The average molecular weight is 400 g/mol. The molecule has 4 heterocycles. The third kappa shape index (κ3) is 2.26. The molecule has 2 aliphatic rings. The zero-order chi connectivity index (χ0) is 20.4. The molecule has 4 aromatic rings. The van der Waals surface area contributed by atoms with Crippen molar-refractivity contribution in [2.75, 3.05) is 24.3 Å². The molecule has 1 unspecified atom stereocenters. The van der Waals surface area contributed by atoms with Crippen molar-refractivity contribution in [1.82, 2.24) is 9.55 Å². The Hall–Kier alpha value is -3.74. The summed E-state index contributed by atoms with van der Waals surface area (Å²) >= 11 is 0. The Kier molecular flexibility index (Phi) is 3.50. The van der Waals surface area contributed by atoms with Gasteiger partial charge in [0.2, 0.25) is 0 Å². The van der Waals surface area contributed by atoms with Crippen LogP contribution in [0.3, 0.4) is 0 Å². The maximum Gasteiger partial charge on any atom is 0.328 e. The molecule has 6 rings (SSSR count). The van der Waals surface area contributed by atoms with Gasteiger partial charge in [-0.3, -0.25) is 9.36 Å². The number of fused-ring (bicyclic) bond motifs is 6. The van der Waals surface area contributed by atoms with Crippen LogP contribution in [-0.2, 0) is 22.4 Å². The minimum absolute atomic E-state index is 0.0630. The summed E-state index contributed by atoms with van der Waals surface area (Å²) in [5.41, 5.74) is 6.74. The van der Waals surface area contributed by atoms with Gasteiger partial charge < -0.3 is 20.4 Å². The molecule has 0 fully saturated rings. The van der Waals surface area contributed by atoms with Crippen molar-refractivity contribution in [1.29, 1.82) is 0 Å². The van der Waals surface area contributed by atoms with Crippen molar-refractivity contribution in [3.8, 4) is 0 Å². The molecule has 30 heavy (non-hydrogen) atoms. The van der Waals surface area contributed by atoms with Crippen LogP contribution in [0.4, 0.5) is 11.4 Å². The Morgan fingerprint density at radius 2 is 1.97 bits per heavy atom. The van der Waals surface area contributed by atoms with Gasteiger partial charge in [-0.15, -0.1) is 0 Å². The Balaban J connectivity index is 1.45. The van der Waals surface area contributed by atoms with E-state index in [0.29, 0.717) is 12.0 Å². The van der Waals surface area contributed by atoms with Crippen LogP contribution in [0.1, 0.15) is 21.5 Å². The van der Waals surface area contributed by atoms with Crippen molar-refractivity contribution in [2.24, 2.45) is 0 Å². The fourth-order valence-electron chi connectivity index (χ4n) is 4.88. The normalized spacial score (nSPS) is 16.9. The first-order valence-electron chi connectivity index (χ1n) is 10.0. The number of carbonyl (C=O) groups is 2. The molecule has 2 aromatic carbocycles. The van der Waals surface area contributed by atoms with E-state index >= 15 is 0 Å². The zero-order valence-electron chi connectivity index (χ0n) is 16.4. The smallest absolute Gasteiger partial charge is 0.328 e. The Bertz CT molecular complexity index is 1360. The maximum absolute atomic E-state index is 13.5. The van der Waals surface area contributed by atoms with Crippen LogP contribution in [0.15, 0.2) is 42.7 Å². The summed E-state index contributed by atoms with van der Waals surface area (Å²) < 4.78 is 6.58. The summed E-state index contributed by atoms with van der Waals surface area (Å²) in [4.78, 5) is 28.8. The minimum atomic E-state index is -0.390. The lowest BCUT2D eigenvalue weighted by atomic mass is 10.0. The van der Waals surface area contributed by atoms with E-state index in [1.54, 1.807) is 10.8 Å². The van der Waals surface area contributed by atoms with Crippen molar-refractivity contribution in [3.63, 3.8) is 0 Å². The monoisotopic (exact) mass is 400 g/mol. The molecule has 0 saturated carbocycles. The molecule has 0 saturated heterocycles. The Labute approximate surface area is 172 Å². The van der Waals surface area contributed by atoms with Gasteiger partial charge >= 0.3 is 5.97 Å². The van der Waals surface area contributed by atoms with Gasteiger partial charge in [-0.1, -0.05) is 0 Å². The number of carbonyl (C=O) groups excluding carboxylic acids is 2. The highest BCUT2D eigenvalue weighted by Gasteiger charge is 2.30.